The molecule has 0 amide bonds. The summed E-state index contributed by atoms with van der Waals surface area (Å²) in [5.41, 5.74) is 0.210. The van der Waals surface area contributed by atoms with E-state index < -0.39 is 11.0 Å². The van der Waals surface area contributed by atoms with Crippen LogP contribution in [0.5, 0.6) is 5.75 Å². The summed E-state index contributed by atoms with van der Waals surface area (Å²) >= 11 is 0. The van der Waals surface area contributed by atoms with Gasteiger partial charge in [0.05, 0.1) is 29.8 Å². The number of hydrogen-bond donors (Lipinski definition) is 1. The first-order chi connectivity index (χ1) is 7.47. The van der Waals surface area contributed by atoms with Gasteiger partial charge in [-0.3, -0.25) is 10.1 Å². The first-order valence-corrected chi connectivity index (χ1v) is 4.97. The van der Waals surface area contributed by atoms with Crippen LogP contribution in [0.1, 0.15) is 25.5 Å². The maximum Gasteiger partial charge on any atom is 0.278 e. The largest absolute Gasteiger partial charge is 0.497 e. The monoisotopic (exact) mass is 225 g/mol. The zero-order valence-electron chi connectivity index (χ0n) is 9.51. The average molecular weight is 225 g/mol. The van der Waals surface area contributed by atoms with Crippen molar-refractivity contribution in [2.45, 2.75) is 20.0 Å². The molecule has 1 aromatic rings. The first kappa shape index (κ1) is 12.4. The van der Waals surface area contributed by atoms with Crippen LogP contribution in [-0.4, -0.2) is 17.1 Å². The predicted octanol–water partition coefficient (Wildman–Crippen LogP) is 2.29. The van der Waals surface area contributed by atoms with Crippen LogP contribution in [0, 0.1) is 16.0 Å². The minimum Gasteiger partial charge on any atom is -0.497 e. The third kappa shape index (κ3) is 2.49. The van der Waals surface area contributed by atoms with Crippen molar-refractivity contribution in [3.63, 3.8) is 0 Å². The lowest BCUT2D eigenvalue weighted by Gasteiger charge is -2.15. The van der Waals surface area contributed by atoms with Crippen molar-refractivity contribution in [3.05, 3.63) is 33.9 Å². The summed E-state index contributed by atoms with van der Waals surface area (Å²) in [6.07, 6.45) is -0.841. The number of methoxy groups -OCH3 is 1. The van der Waals surface area contributed by atoms with Crippen molar-refractivity contribution in [2.75, 3.05) is 7.11 Å². The van der Waals surface area contributed by atoms with Crippen LogP contribution in [0.25, 0.3) is 0 Å². The smallest absolute Gasteiger partial charge is 0.278 e. The maximum atomic E-state index is 10.9. The Balaban J connectivity index is 3.23. The quantitative estimate of drug-likeness (QED) is 0.630. The van der Waals surface area contributed by atoms with Crippen molar-refractivity contribution in [3.8, 4) is 5.75 Å². The van der Waals surface area contributed by atoms with Gasteiger partial charge in [-0.15, -0.1) is 0 Å². The summed E-state index contributed by atoms with van der Waals surface area (Å²) < 4.78 is 4.91. The lowest BCUT2D eigenvalue weighted by molar-refractivity contribution is -0.386. The molecule has 88 valence electrons. The molecule has 5 nitrogen and oxygen atoms in total. The van der Waals surface area contributed by atoms with Gasteiger partial charge in [-0.05, 0) is 18.1 Å². The molecule has 0 fully saturated rings. The fourth-order valence-corrected chi connectivity index (χ4v) is 1.42. The molecule has 0 aliphatic carbocycles. The number of nitro benzene ring substituents is 1. The maximum absolute atomic E-state index is 10.9. The van der Waals surface area contributed by atoms with E-state index >= 15 is 0 Å². The van der Waals surface area contributed by atoms with Crippen molar-refractivity contribution in [1.82, 2.24) is 0 Å². The van der Waals surface area contributed by atoms with Gasteiger partial charge >= 0.3 is 0 Å². The Morgan fingerprint density at radius 1 is 1.44 bits per heavy atom. The molecule has 1 atom stereocenters. The molecule has 1 aromatic carbocycles. The van der Waals surface area contributed by atoms with Crippen LogP contribution >= 0.6 is 0 Å². The molecular weight excluding hydrogens is 210 g/mol. The van der Waals surface area contributed by atoms with Gasteiger partial charge in [0.25, 0.3) is 5.69 Å². The summed E-state index contributed by atoms with van der Waals surface area (Å²) in [5, 5.41) is 20.7. The summed E-state index contributed by atoms with van der Waals surface area (Å²) in [6.45, 7) is 3.61. The minimum atomic E-state index is -0.841. The minimum absolute atomic E-state index is 0.0768. The number of rotatable bonds is 4. The van der Waals surface area contributed by atoms with Crippen molar-refractivity contribution < 1.29 is 14.8 Å². The topological polar surface area (TPSA) is 72.6 Å². The molecule has 0 heterocycles. The predicted molar refractivity (Wildman–Crippen MR) is 59.4 cm³/mol. The first-order valence-electron chi connectivity index (χ1n) is 4.97. The van der Waals surface area contributed by atoms with Gasteiger partial charge in [0.1, 0.15) is 5.75 Å². The van der Waals surface area contributed by atoms with Gasteiger partial charge in [0, 0.05) is 0 Å². The van der Waals surface area contributed by atoms with Crippen LogP contribution < -0.4 is 4.74 Å². The van der Waals surface area contributed by atoms with Crippen LogP contribution in [0.2, 0.25) is 0 Å². The fraction of sp³-hybridized carbons (Fsp3) is 0.455. The lowest BCUT2D eigenvalue weighted by Crippen LogP contribution is -2.08. The van der Waals surface area contributed by atoms with Crippen molar-refractivity contribution >= 4 is 5.69 Å². The number of benzene rings is 1. The van der Waals surface area contributed by atoms with Gasteiger partial charge < -0.3 is 9.84 Å². The number of hydrogen-bond acceptors (Lipinski definition) is 4. The third-order valence-electron chi connectivity index (χ3n) is 2.38. The summed E-state index contributed by atoms with van der Waals surface area (Å²) in [7, 11) is 1.44. The van der Waals surface area contributed by atoms with E-state index in [1.807, 2.05) is 0 Å². The third-order valence-corrected chi connectivity index (χ3v) is 2.38. The molecule has 0 unspecified atom stereocenters. The molecule has 1 N–H and O–H groups in total. The number of aliphatic hydroxyl groups excluding tert-OH is 1. The highest BCUT2D eigenvalue weighted by atomic mass is 16.6. The van der Waals surface area contributed by atoms with Gasteiger partial charge in [0.2, 0.25) is 0 Å². The molecule has 0 saturated carbocycles. The van der Waals surface area contributed by atoms with E-state index in [0.29, 0.717) is 11.3 Å². The normalized spacial score (nSPS) is 12.6. The Bertz CT molecular complexity index is 390. The Kier molecular flexibility index (Phi) is 3.84. The molecule has 0 saturated heterocycles. The molecule has 0 spiro atoms. The second kappa shape index (κ2) is 4.94. The highest BCUT2D eigenvalue weighted by Crippen LogP contribution is 2.32. The van der Waals surface area contributed by atoms with E-state index in [9.17, 15) is 15.2 Å². The van der Waals surface area contributed by atoms with Gasteiger partial charge in [0.15, 0.2) is 0 Å². The van der Waals surface area contributed by atoms with Gasteiger partial charge in [-0.25, -0.2) is 0 Å². The van der Waals surface area contributed by atoms with Gasteiger partial charge in [-0.2, -0.15) is 0 Å². The molecule has 16 heavy (non-hydrogen) atoms. The van der Waals surface area contributed by atoms with E-state index in [-0.39, 0.29) is 11.6 Å². The molecule has 0 aromatic heterocycles. The number of nitrogens with zero attached hydrogens (tertiary/aromatic N) is 1. The molecule has 0 bridgehead atoms. The van der Waals surface area contributed by atoms with E-state index in [4.69, 9.17) is 4.74 Å². The number of aliphatic hydroxyl groups is 1. The van der Waals surface area contributed by atoms with Crippen LogP contribution in [0.3, 0.4) is 0 Å². The summed E-state index contributed by atoms with van der Waals surface area (Å²) in [4.78, 5) is 10.3. The Morgan fingerprint density at radius 2 is 2.06 bits per heavy atom. The SMILES string of the molecule is COc1ccc([C@H](O)C(C)C)c([N+](=O)[O-])c1. The molecule has 0 radical (unpaired) electrons. The zero-order chi connectivity index (χ0) is 12.3. The Labute approximate surface area is 93.8 Å². The van der Waals surface area contributed by atoms with Crippen molar-refractivity contribution in [2.24, 2.45) is 5.92 Å². The highest BCUT2D eigenvalue weighted by molar-refractivity contribution is 5.47. The molecule has 0 aliphatic rings. The standard InChI is InChI=1S/C11H15NO4/c1-7(2)11(13)9-5-4-8(16-3)6-10(9)12(14)15/h4-7,11,13H,1-3H3/t11-/m1/s1. The molecule has 1 rings (SSSR count). The molecular formula is C11H15NO4. The number of ether oxygens (including phenoxy) is 1. The number of nitro groups is 1. The van der Waals surface area contributed by atoms with Gasteiger partial charge in [-0.1, -0.05) is 13.8 Å². The second-order valence-corrected chi connectivity index (χ2v) is 3.87. The Morgan fingerprint density at radius 3 is 2.50 bits per heavy atom. The Hall–Kier alpha value is -1.62. The van der Waals surface area contributed by atoms with E-state index in [2.05, 4.69) is 0 Å². The molecule has 5 heteroatoms. The lowest BCUT2D eigenvalue weighted by atomic mass is 9.97. The van der Waals surface area contributed by atoms with E-state index in [0.717, 1.165) is 0 Å². The highest BCUT2D eigenvalue weighted by Gasteiger charge is 2.23. The summed E-state index contributed by atoms with van der Waals surface area (Å²) in [6, 6.07) is 4.45. The van der Waals surface area contributed by atoms with Crippen LogP contribution in [0.15, 0.2) is 18.2 Å². The summed E-state index contributed by atoms with van der Waals surface area (Å²) in [5.74, 6) is 0.332. The second-order valence-electron chi connectivity index (χ2n) is 3.87. The van der Waals surface area contributed by atoms with Crippen molar-refractivity contribution in [1.29, 1.82) is 0 Å². The molecule has 0 aliphatic heterocycles. The zero-order valence-corrected chi connectivity index (χ0v) is 9.51. The van der Waals surface area contributed by atoms with E-state index in [1.165, 1.54) is 19.2 Å². The average Bonchev–Trinajstić information content (AvgIpc) is 2.26. The van der Waals surface area contributed by atoms with Crippen LogP contribution in [0.4, 0.5) is 5.69 Å². The van der Waals surface area contributed by atoms with Crippen LogP contribution in [-0.2, 0) is 0 Å². The fourth-order valence-electron chi connectivity index (χ4n) is 1.42. The van der Waals surface area contributed by atoms with E-state index in [1.54, 1.807) is 19.9 Å².